The van der Waals surface area contributed by atoms with Gasteiger partial charge in [0.2, 0.25) is 0 Å². The fourth-order valence-electron chi connectivity index (χ4n) is 1.71. The first-order valence-corrected chi connectivity index (χ1v) is 6.76. The maximum Gasteiger partial charge on any atom is 0.345 e. The molecule has 0 aromatic heterocycles. The van der Waals surface area contributed by atoms with Crippen LogP contribution in [0.4, 0.5) is 0 Å². The van der Waals surface area contributed by atoms with Crippen LogP contribution in [-0.2, 0) is 9.53 Å². The first-order chi connectivity index (χ1) is 9.06. The Balaban J connectivity index is 0.00000361. The van der Waals surface area contributed by atoms with Crippen molar-refractivity contribution in [2.24, 2.45) is 0 Å². The van der Waals surface area contributed by atoms with E-state index in [0.29, 0.717) is 10.8 Å². The molecule has 0 aliphatic heterocycles. The first-order valence-electron chi connectivity index (χ1n) is 6.38. The second-order valence-electron chi connectivity index (χ2n) is 4.05. The number of hydrogen-bond acceptors (Lipinski definition) is 4. The topological polar surface area (TPSA) is 38.8 Å². The van der Waals surface area contributed by atoms with Gasteiger partial charge < -0.3 is 9.47 Å². The van der Waals surface area contributed by atoms with Crippen LogP contribution in [0.5, 0.6) is 5.75 Å². The van der Waals surface area contributed by atoms with Crippen molar-refractivity contribution in [2.75, 3.05) is 19.7 Å². The van der Waals surface area contributed by atoms with E-state index in [2.05, 4.69) is 0 Å². The molecule has 0 saturated carbocycles. The van der Waals surface area contributed by atoms with Crippen molar-refractivity contribution in [3.8, 4) is 5.75 Å². The van der Waals surface area contributed by atoms with Gasteiger partial charge in [-0.15, -0.1) is 12.4 Å². The molecule has 0 saturated heterocycles. The molecule has 4 nitrogen and oxygen atoms in total. The third-order valence-corrected chi connectivity index (χ3v) is 3.05. The van der Waals surface area contributed by atoms with Crippen molar-refractivity contribution in [1.29, 1.82) is 0 Å². The molecule has 0 N–H and O–H groups in total. The molecule has 0 bridgehead atoms. The van der Waals surface area contributed by atoms with Crippen molar-refractivity contribution in [3.05, 3.63) is 29.3 Å². The fourth-order valence-corrected chi connectivity index (χ4v) is 1.84. The number of nitrogens with zero attached hydrogens (tertiary/aromatic N) is 1. The molecule has 0 spiro atoms. The third-order valence-electron chi connectivity index (χ3n) is 2.80. The summed E-state index contributed by atoms with van der Waals surface area (Å²) in [4.78, 5) is 13.7. The average molecular weight is 322 g/mol. The molecule has 0 aliphatic carbocycles. The van der Waals surface area contributed by atoms with Gasteiger partial charge in [-0.25, -0.2) is 4.79 Å². The summed E-state index contributed by atoms with van der Waals surface area (Å²) in [7, 11) is 0. The molecule has 6 heteroatoms. The SMILES string of the molecule is CCN(CC)C(C)OC(=O)COc1ccc(Cl)cc1.Cl. The second-order valence-corrected chi connectivity index (χ2v) is 4.49. The Morgan fingerprint density at radius 1 is 1.25 bits per heavy atom. The predicted octanol–water partition coefficient (Wildman–Crippen LogP) is 3.37. The summed E-state index contributed by atoms with van der Waals surface area (Å²) in [5, 5.41) is 0.630. The maximum absolute atomic E-state index is 11.6. The number of carbonyl (C=O) groups is 1. The molecular formula is C14H21Cl2NO3. The molecule has 0 heterocycles. The zero-order chi connectivity index (χ0) is 14.3. The Labute approximate surface area is 131 Å². The molecule has 1 aromatic rings. The van der Waals surface area contributed by atoms with E-state index < -0.39 is 0 Å². The van der Waals surface area contributed by atoms with E-state index in [9.17, 15) is 4.79 Å². The van der Waals surface area contributed by atoms with Crippen LogP contribution < -0.4 is 4.74 Å². The molecule has 1 unspecified atom stereocenters. The van der Waals surface area contributed by atoms with Gasteiger partial charge in [0.05, 0.1) is 0 Å². The zero-order valence-electron chi connectivity index (χ0n) is 12.0. The van der Waals surface area contributed by atoms with Gasteiger partial charge in [-0.05, 0) is 44.3 Å². The van der Waals surface area contributed by atoms with Crippen LogP contribution in [0.25, 0.3) is 0 Å². The highest BCUT2D eigenvalue weighted by Crippen LogP contribution is 2.15. The summed E-state index contributed by atoms with van der Waals surface area (Å²) in [5.41, 5.74) is 0. The second kappa shape index (κ2) is 9.86. The summed E-state index contributed by atoms with van der Waals surface area (Å²) < 4.78 is 10.6. The molecule has 1 atom stereocenters. The van der Waals surface area contributed by atoms with Gasteiger partial charge in [-0.1, -0.05) is 25.4 Å². The Kier molecular flexibility index (Phi) is 9.38. The van der Waals surface area contributed by atoms with E-state index >= 15 is 0 Å². The number of rotatable bonds is 7. The van der Waals surface area contributed by atoms with E-state index in [4.69, 9.17) is 21.1 Å². The monoisotopic (exact) mass is 321 g/mol. The third kappa shape index (κ3) is 6.46. The summed E-state index contributed by atoms with van der Waals surface area (Å²) in [6, 6.07) is 6.84. The lowest BCUT2D eigenvalue weighted by atomic mass is 10.3. The van der Waals surface area contributed by atoms with Crippen LogP contribution in [0.3, 0.4) is 0 Å². The van der Waals surface area contributed by atoms with Gasteiger partial charge in [0.25, 0.3) is 0 Å². The van der Waals surface area contributed by atoms with Crippen LogP contribution in [0.15, 0.2) is 24.3 Å². The largest absolute Gasteiger partial charge is 0.482 e. The lowest BCUT2D eigenvalue weighted by molar-refractivity contribution is -0.159. The predicted molar refractivity (Wildman–Crippen MR) is 82.7 cm³/mol. The first kappa shape index (κ1) is 19.0. The lowest BCUT2D eigenvalue weighted by Crippen LogP contribution is -2.37. The van der Waals surface area contributed by atoms with Gasteiger partial charge in [-0.2, -0.15) is 0 Å². The summed E-state index contributed by atoms with van der Waals surface area (Å²) in [6.07, 6.45) is -0.240. The molecule has 0 aliphatic rings. The zero-order valence-corrected chi connectivity index (χ0v) is 13.5. The van der Waals surface area contributed by atoms with Crippen molar-refractivity contribution in [1.82, 2.24) is 4.90 Å². The minimum Gasteiger partial charge on any atom is -0.482 e. The highest BCUT2D eigenvalue weighted by molar-refractivity contribution is 6.30. The van der Waals surface area contributed by atoms with E-state index in [0.717, 1.165) is 13.1 Å². The molecule has 0 fully saturated rings. The van der Waals surface area contributed by atoms with Crippen LogP contribution in [0.2, 0.25) is 5.02 Å². The van der Waals surface area contributed by atoms with Gasteiger partial charge in [0, 0.05) is 5.02 Å². The average Bonchev–Trinajstić information content (AvgIpc) is 2.39. The van der Waals surface area contributed by atoms with Gasteiger partial charge in [0.15, 0.2) is 12.8 Å². The molecule has 1 aromatic carbocycles. The number of benzene rings is 1. The van der Waals surface area contributed by atoms with E-state index in [-0.39, 0.29) is 31.2 Å². The quantitative estimate of drug-likeness (QED) is 0.570. The van der Waals surface area contributed by atoms with E-state index in [1.165, 1.54) is 0 Å². The van der Waals surface area contributed by atoms with Crippen molar-refractivity contribution in [3.63, 3.8) is 0 Å². The molecule has 0 amide bonds. The fraction of sp³-hybridized carbons (Fsp3) is 0.500. The molecule has 114 valence electrons. The summed E-state index contributed by atoms with van der Waals surface area (Å²) >= 11 is 5.76. The normalized spacial score (nSPS) is 11.7. The molecule has 20 heavy (non-hydrogen) atoms. The van der Waals surface area contributed by atoms with Crippen LogP contribution in [0, 0.1) is 0 Å². The van der Waals surface area contributed by atoms with Crippen molar-refractivity contribution >= 4 is 30.0 Å². The Morgan fingerprint density at radius 2 is 1.80 bits per heavy atom. The smallest absolute Gasteiger partial charge is 0.345 e. The molecule has 1 rings (SSSR count). The highest BCUT2D eigenvalue weighted by atomic mass is 35.5. The van der Waals surface area contributed by atoms with Crippen LogP contribution in [0.1, 0.15) is 20.8 Å². The Bertz CT molecular complexity index is 394. The number of esters is 1. The number of halogens is 2. The molecule has 0 radical (unpaired) electrons. The van der Waals surface area contributed by atoms with Crippen molar-refractivity contribution in [2.45, 2.75) is 27.0 Å². The molecular weight excluding hydrogens is 301 g/mol. The van der Waals surface area contributed by atoms with Gasteiger partial charge >= 0.3 is 5.97 Å². The standard InChI is InChI=1S/C14H20ClNO3.ClH/c1-4-16(5-2)11(3)19-14(17)10-18-13-8-6-12(15)7-9-13;/h6-9,11H,4-5,10H2,1-3H3;1H. The maximum atomic E-state index is 11.6. The van der Waals surface area contributed by atoms with Crippen LogP contribution in [-0.4, -0.2) is 36.8 Å². The van der Waals surface area contributed by atoms with Gasteiger partial charge in [0.1, 0.15) is 5.75 Å². The summed E-state index contributed by atoms with van der Waals surface area (Å²) in [6.45, 7) is 7.47. The van der Waals surface area contributed by atoms with E-state index in [1.54, 1.807) is 24.3 Å². The number of hydrogen-bond donors (Lipinski definition) is 0. The Hall–Kier alpha value is -0.970. The number of ether oxygens (including phenoxy) is 2. The van der Waals surface area contributed by atoms with Gasteiger partial charge in [-0.3, -0.25) is 4.90 Å². The van der Waals surface area contributed by atoms with Crippen molar-refractivity contribution < 1.29 is 14.3 Å². The minimum absolute atomic E-state index is 0. The Morgan fingerprint density at radius 3 is 2.30 bits per heavy atom. The van der Waals surface area contributed by atoms with Crippen LogP contribution >= 0.6 is 24.0 Å². The highest BCUT2D eigenvalue weighted by Gasteiger charge is 2.15. The summed E-state index contributed by atoms with van der Waals surface area (Å²) in [5.74, 6) is 0.214. The number of carbonyl (C=O) groups excluding carboxylic acids is 1. The lowest BCUT2D eigenvalue weighted by Gasteiger charge is -2.25. The minimum atomic E-state index is -0.380. The van der Waals surface area contributed by atoms with E-state index in [1.807, 2.05) is 25.7 Å².